The maximum atomic E-state index is 12.9. The number of benzene rings is 2. The molecule has 32 heavy (non-hydrogen) atoms. The molecule has 1 atom stereocenters. The van der Waals surface area contributed by atoms with Crippen LogP contribution in [0, 0.1) is 10.1 Å². The van der Waals surface area contributed by atoms with Gasteiger partial charge >= 0.3 is 12.8 Å². The van der Waals surface area contributed by atoms with Crippen molar-refractivity contribution in [2.24, 2.45) is 0 Å². The monoisotopic (exact) mass is 446 g/mol. The van der Waals surface area contributed by atoms with Gasteiger partial charge in [-0.2, -0.15) is 8.78 Å². The zero-order chi connectivity index (χ0) is 23.3. The minimum absolute atomic E-state index is 0.0468. The molecule has 0 aromatic heterocycles. The molecule has 0 saturated carbocycles. The first-order chi connectivity index (χ1) is 15.3. The number of hydrogen-bond donors (Lipinski definition) is 1. The summed E-state index contributed by atoms with van der Waals surface area (Å²) in [4.78, 5) is 23.6. The van der Waals surface area contributed by atoms with E-state index in [1.54, 1.807) is 37.3 Å². The van der Waals surface area contributed by atoms with Crippen molar-refractivity contribution in [1.29, 1.82) is 0 Å². The maximum absolute atomic E-state index is 12.9. The molecule has 0 aliphatic carbocycles. The quantitative estimate of drug-likeness (QED) is 0.360. The van der Waals surface area contributed by atoms with Gasteiger partial charge in [-0.05, 0) is 25.5 Å². The summed E-state index contributed by atoms with van der Waals surface area (Å²) in [5.41, 5.74) is 0.860. The van der Waals surface area contributed by atoms with Crippen molar-refractivity contribution in [1.82, 2.24) is 5.32 Å². The molecule has 1 unspecified atom stereocenters. The van der Waals surface area contributed by atoms with Crippen molar-refractivity contribution in [2.75, 3.05) is 0 Å². The summed E-state index contributed by atoms with van der Waals surface area (Å²) < 4.78 is 40.9. The summed E-state index contributed by atoms with van der Waals surface area (Å²) in [6.45, 7) is -0.210. The van der Waals surface area contributed by atoms with Gasteiger partial charge in [-0.15, -0.1) is 0 Å². The van der Waals surface area contributed by atoms with Crippen molar-refractivity contribution in [2.45, 2.75) is 33.0 Å². The van der Waals surface area contributed by atoms with Gasteiger partial charge in [0.25, 0.3) is 5.70 Å². The summed E-state index contributed by atoms with van der Waals surface area (Å²) in [5, 5.41) is 14.7. The molecule has 0 spiro atoms. The van der Waals surface area contributed by atoms with Gasteiger partial charge in [-0.25, -0.2) is 4.79 Å². The van der Waals surface area contributed by atoms with E-state index < -0.39 is 23.6 Å². The van der Waals surface area contributed by atoms with Crippen LogP contribution in [0.25, 0.3) is 0 Å². The lowest BCUT2D eigenvalue weighted by Gasteiger charge is -2.27. The van der Waals surface area contributed by atoms with E-state index in [4.69, 9.17) is 9.47 Å². The van der Waals surface area contributed by atoms with E-state index in [0.29, 0.717) is 11.3 Å². The van der Waals surface area contributed by atoms with Gasteiger partial charge in [-0.3, -0.25) is 10.1 Å². The first-order valence-electron chi connectivity index (χ1n) is 9.53. The van der Waals surface area contributed by atoms with E-state index in [1.165, 1.54) is 31.2 Å². The van der Waals surface area contributed by atoms with E-state index in [0.717, 1.165) is 0 Å². The fraction of sp³-hybridized carbons (Fsp3) is 0.227. The predicted molar refractivity (Wildman–Crippen MR) is 109 cm³/mol. The molecule has 0 radical (unpaired) electrons. The Morgan fingerprint density at radius 1 is 1.09 bits per heavy atom. The summed E-state index contributed by atoms with van der Waals surface area (Å²) in [7, 11) is 0. The molecule has 0 fully saturated rings. The Morgan fingerprint density at radius 3 is 2.41 bits per heavy atom. The van der Waals surface area contributed by atoms with Crippen LogP contribution in [-0.2, 0) is 16.1 Å². The maximum Gasteiger partial charge on any atom is 0.513 e. The lowest BCUT2D eigenvalue weighted by Crippen LogP contribution is -2.30. The van der Waals surface area contributed by atoms with Crippen LogP contribution in [0.2, 0.25) is 0 Å². The standard InChI is InChI=1S/C22H20F2N2O6/c1-13-19(26(28)29)18(16-10-6-7-11-17(16)31-21(23)24)20(14(2)25-13)32-22(27)30-12-15-8-4-3-5-9-15/h3-11,18,21,25H,12H2,1-2H3. The second kappa shape index (κ2) is 9.90. The van der Waals surface area contributed by atoms with Gasteiger partial charge < -0.3 is 19.5 Å². The Kier molecular flexibility index (Phi) is 7.04. The molecule has 1 heterocycles. The summed E-state index contributed by atoms with van der Waals surface area (Å²) in [5.74, 6) is -1.70. The number of rotatable bonds is 7. The third kappa shape index (κ3) is 5.20. The fourth-order valence-corrected chi connectivity index (χ4v) is 3.39. The molecule has 0 bridgehead atoms. The smallest absolute Gasteiger partial charge is 0.435 e. The van der Waals surface area contributed by atoms with Crippen LogP contribution in [-0.4, -0.2) is 17.7 Å². The van der Waals surface area contributed by atoms with Gasteiger partial charge in [0.05, 0.1) is 16.3 Å². The fourth-order valence-electron chi connectivity index (χ4n) is 3.39. The number of ether oxygens (including phenoxy) is 3. The molecule has 1 N–H and O–H groups in total. The van der Waals surface area contributed by atoms with Crippen LogP contribution < -0.4 is 10.1 Å². The molecule has 2 aromatic rings. The number of nitro groups is 1. The number of nitrogens with zero attached hydrogens (tertiary/aromatic N) is 1. The predicted octanol–water partition coefficient (Wildman–Crippen LogP) is 5.07. The van der Waals surface area contributed by atoms with E-state index >= 15 is 0 Å². The van der Waals surface area contributed by atoms with Gasteiger partial charge in [0.15, 0.2) is 0 Å². The Bertz CT molecular complexity index is 1070. The van der Waals surface area contributed by atoms with Crippen LogP contribution in [0.3, 0.4) is 0 Å². The van der Waals surface area contributed by atoms with Gasteiger partial charge in [0.1, 0.15) is 24.0 Å². The molecule has 10 heteroatoms. The summed E-state index contributed by atoms with van der Waals surface area (Å²) >= 11 is 0. The number of dihydropyridines is 1. The molecule has 3 rings (SSSR count). The second-order valence-corrected chi connectivity index (χ2v) is 6.86. The SMILES string of the molecule is CC1=C(OC(=O)OCc2ccccc2)C(c2ccccc2OC(F)F)C([N+](=O)[O-])=C(C)N1. The largest absolute Gasteiger partial charge is 0.513 e. The van der Waals surface area contributed by atoms with Crippen molar-refractivity contribution >= 4 is 6.16 Å². The highest BCUT2D eigenvalue weighted by Crippen LogP contribution is 2.42. The Balaban J connectivity index is 1.95. The number of para-hydroxylation sites is 1. The highest BCUT2D eigenvalue weighted by molar-refractivity contribution is 5.63. The molecule has 1 aliphatic heterocycles. The average Bonchev–Trinajstić information content (AvgIpc) is 2.74. The number of allylic oxidation sites excluding steroid dienone is 2. The highest BCUT2D eigenvalue weighted by atomic mass is 19.3. The molecule has 2 aromatic carbocycles. The van der Waals surface area contributed by atoms with E-state index in [9.17, 15) is 23.7 Å². The van der Waals surface area contributed by atoms with Crippen molar-refractivity contribution < 1.29 is 32.7 Å². The molecule has 168 valence electrons. The van der Waals surface area contributed by atoms with Gasteiger partial charge in [-0.1, -0.05) is 48.5 Å². The average molecular weight is 446 g/mol. The zero-order valence-corrected chi connectivity index (χ0v) is 17.2. The molecular weight excluding hydrogens is 426 g/mol. The Morgan fingerprint density at radius 2 is 1.75 bits per heavy atom. The number of nitrogens with one attached hydrogen (secondary N) is 1. The van der Waals surface area contributed by atoms with E-state index in [1.807, 2.05) is 0 Å². The lowest BCUT2D eigenvalue weighted by atomic mass is 9.89. The lowest BCUT2D eigenvalue weighted by molar-refractivity contribution is -0.431. The van der Waals surface area contributed by atoms with E-state index in [-0.39, 0.29) is 35.1 Å². The van der Waals surface area contributed by atoms with Crippen LogP contribution >= 0.6 is 0 Å². The first kappa shape index (κ1) is 22.7. The van der Waals surface area contributed by atoms with Crippen molar-refractivity contribution in [3.8, 4) is 5.75 Å². The second-order valence-electron chi connectivity index (χ2n) is 6.86. The van der Waals surface area contributed by atoms with Crippen LogP contribution in [0.15, 0.2) is 77.4 Å². The third-order valence-electron chi connectivity index (χ3n) is 4.70. The molecule has 0 amide bonds. The minimum Gasteiger partial charge on any atom is -0.435 e. The minimum atomic E-state index is -3.15. The number of carbonyl (C=O) groups excluding carboxylic acids is 1. The van der Waals surface area contributed by atoms with Gasteiger partial charge in [0, 0.05) is 5.56 Å². The summed E-state index contributed by atoms with van der Waals surface area (Å²) in [6.07, 6.45) is -1.09. The molecule has 8 nitrogen and oxygen atoms in total. The van der Waals surface area contributed by atoms with Crippen LogP contribution in [0.1, 0.15) is 30.9 Å². The summed E-state index contributed by atoms with van der Waals surface area (Å²) in [6, 6.07) is 14.5. The Hall–Kier alpha value is -3.95. The van der Waals surface area contributed by atoms with Crippen molar-refractivity contribution in [3.63, 3.8) is 0 Å². The zero-order valence-electron chi connectivity index (χ0n) is 17.2. The first-order valence-corrected chi connectivity index (χ1v) is 9.53. The Labute approximate surface area is 182 Å². The number of hydrogen-bond acceptors (Lipinski definition) is 7. The molecule has 1 aliphatic rings. The third-order valence-corrected chi connectivity index (χ3v) is 4.70. The van der Waals surface area contributed by atoms with Crippen molar-refractivity contribution in [3.05, 3.63) is 98.7 Å². The number of carbonyl (C=O) groups is 1. The number of halogens is 2. The van der Waals surface area contributed by atoms with Gasteiger partial charge in [0.2, 0.25) is 0 Å². The number of alkyl halides is 2. The normalized spacial score (nSPS) is 16.0. The highest BCUT2D eigenvalue weighted by Gasteiger charge is 2.41. The van der Waals surface area contributed by atoms with Crippen LogP contribution in [0.5, 0.6) is 5.75 Å². The van der Waals surface area contributed by atoms with Crippen LogP contribution in [0.4, 0.5) is 13.6 Å². The van der Waals surface area contributed by atoms with E-state index in [2.05, 4.69) is 10.1 Å². The molecular formula is C22H20F2N2O6. The topological polar surface area (TPSA) is 99.9 Å². The molecule has 0 saturated heterocycles.